The number of likely N-dealkylation sites (tertiary alicyclic amines) is 1. The number of fused-ring (bicyclic) bond motifs is 1. The van der Waals surface area contributed by atoms with Gasteiger partial charge in [-0.15, -0.1) is 12.4 Å². The molecule has 2 heterocycles. The SMILES string of the molecule is Cc1c(C(=O)NC2CCN(CCc3ccccc3)CC2)c2cc(O)ccc2n1Cc1ccccc1.Cl. The van der Waals surface area contributed by atoms with Crippen LogP contribution in [0.2, 0.25) is 0 Å². The van der Waals surface area contributed by atoms with Crippen LogP contribution in [0.4, 0.5) is 0 Å². The first kappa shape index (κ1) is 25.8. The number of carbonyl (C=O) groups excluding carboxylic acids is 1. The van der Waals surface area contributed by atoms with E-state index in [2.05, 4.69) is 57.2 Å². The maximum atomic E-state index is 13.5. The van der Waals surface area contributed by atoms with Crippen molar-refractivity contribution in [2.45, 2.75) is 38.8 Å². The molecular weight excluding hydrogens is 470 g/mol. The maximum absolute atomic E-state index is 13.5. The molecule has 0 aliphatic carbocycles. The fraction of sp³-hybridized carbons (Fsp3) is 0.300. The predicted molar refractivity (Wildman–Crippen MR) is 148 cm³/mol. The summed E-state index contributed by atoms with van der Waals surface area (Å²) in [7, 11) is 0. The maximum Gasteiger partial charge on any atom is 0.253 e. The number of halogens is 1. The Kier molecular flexibility index (Phi) is 8.34. The fourth-order valence-corrected chi connectivity index (χ4v) is 5.22. The summed E-state index contributed by atoms with van der Waals surface area (Å²) in [6.07, 6.45) is 2.96. The number of aromatic nitrogens is 1. The van der Waals surface area contributed by atoms with Crippen molar-refractivity contribution >= 4 is 29.2 Å². The highest BCUT2D eigenvalue weighted by atomic mass is 35.5. The smallest absolute Gasteiger partial charge is 0.253 e. The van der Waals surface area contributed by atoms with Crippen molar-refractivity contribution in [2.75, 3.05) is 19.6 Å². The lowest BCUT2D eigenvalue weighted by Crippen LogP contribution is -2.45. The molecule has 5 rings (SSSR count). The van der Waals surface area contributed by atoms with Crippen LogP contribution in [-0.2, 0) is 13.0 Å². The summed E-state index contributed by atoms with van der Waals surface area (Å²) in [4.78, 5) is 16.0. The van der Waals surface area contributed by atoms with Gasteiger partial charge in [0, 0.05) is 48.8 Å². The molecule has 36 heavy (non-hydrogen) atoms. The molecule has 0 atom stereocenters. The van der Waals surface area contributed by atoms with Gasteiger partial charge in [0.2, 0.25) is 0 Å². The average Bonchev–Trinajstić information content (AvgIpc) is 3.15. The third-order valence-corrected chi connectivity index (χ3v) is 7.20. The van der Waals surface area contributed by atoms with Gasteiger partial charge < -0.3 is 19.9 Å². The lowest BCUT2D eigenvalue weighted by Gasteiger charge is -2.32. The minimum Gasteiger partial charge on any atom is -0.508 e. The van der Waals surface area contributed by atoms with Gasteiger partial charge in [-0.2, -0.15) is 0 Å². The molecule has 5 nitrogen and oxygen atoms in total. The van der Waals surface area contributed by atoms with Gasteiger partial charge >= 0.3 is 0 Å². The number of hydrogen-bond donors (Lipinski definition) is 2. The van der Waals surface area contributed by atoms with Crippen LogP contribution in [0.3, 0.4) is 0 Å². The zero-order valence-electron chi connectivity index (χ0n) is 20.7. The Labute approximate surface area is 219 Å². The molecule has 0 spiro atoms. The Morgan fingerprint density at radius 3 is 2.25 bits per heavy atom. The average molecular weight is 504 g/mol. The molecule has 0 radical (unpaired) electrons. The Hall–Kier alpha value is -3.28. The van der Waals surface area contributed by atoms with Gasteiger partial charge in [0.05, 0.1) is 5.56 Å². The van der Waals surface area contributed by atoms with Crippen molar-refractivity contribution in [1.82, 2.24) is 14.8 Å². The van der Waals surface area contributed by atoms with Gasteiger partial charge in [-0.1, -0.05) is 60.7 Å². The number of carbonyl (C=O) groups is 1. The number of rotatable bonds is 7. The monoisotopic (exact) mass is 503 g/mol. The number of amides is 1. The second-order valence-electron chi connectivity index (χ2n) is 9.56. The first-order valence-corrected chi connectivity index (χ1v) is 12.5. The largest absolute Gasteiger partial charge is 0.508 e. The van der Waals surface area contributed by atoms with Crippen LogP contribution >= 0.6 is 12.4 Å². The van der Waals surface area contributed by atoms with Crippen LogP contribution in [-0.4, -0.2) is 46.2 Å². The Morgan fingerprint density at radius 2 is 1.58 bits per heavy atom. The first-order valence-electron chi connectivity index (χ1n) is 12.5. The molecule has 1 aromatic heterocycles. The summed E-state index contributed by atoms with van der Waals surface area (Å²) in [5.74, 6) is 0.128. The topological polar surface area (TPSA) is 57.5 Å². The molecule has 1 aliphatic heterocycles. The minimum atomic E-state index is -0.0485. The van der Waals surface area contributed by atoms with Crippen LogP contribution in [0.15, 0.2) is 78.9 Å². The molecule has 0 unspecified atom stereocenters. The van der Waals surface area contributed by atoms with E-state index in [0.29, 0.717) is 12.1 Å². The molecule has 1 saturated heterocycles. The van der Waals surface area contributed by atoms with E-state index >= 15 is 0 Å². The standard InChI is InChI=1S/C30H33N3O2.ClH/c1-22-29(27-20-26(34)12-13-28(27)33(22)21-24-10-6-3-7-11-24)30(35)31-25-15-18-32(19-16-25)17-14-23-8-4-2-5-9-23;/h2-13,20,25,34H,14-19,21H2,1H3,(H,31,35);1H. The molecule has 1 fully saturated rings. The quantitative estimate of drug-likeness (QED) is 0.347. The number of phenols is 1. The summed E-state index contributed by atoms with van der Waals surface area (Å²) in [6.45, 7) is 5.72. The number of benzene rings is 3. The lowest BCUT2D eigenvalue weighted by molar-refractivity contribution is 0.0912. The van der Waals surface area contributed by atoms with Gasteiger partial charge in [0.1, 0.15) is 5.75 Å². The zero-order valence-corrected chi connectivity index (χ0v) is 21.5. The molecule has 6 heteroatoms. The van der Waals surface area contributed by atoms with Gasteiger partial charge in [0.15, 0.2) is 0 Å². The van der Waals surface area contributed by atoms with Crippen LogP contribution < -0.4 is 5.32 Å². The van der Waals surface area contributed by atoms with Gasteiger partial charge in [-0.3, -0.25) is 4.79 Å². The third-order valence-electron chi connectivity index (χ3n) is 7.20. The summed E-state index contributed by atoms with van der Waals surface area (Å²) in [5.41, 5.74) is 5.10. The van der Waals surface area contributed by atoms with Crippen molar-refractivity contribution in [1.29, 1.82) is 0 Å². The van der Waals surface area contributed by atoms with E-state index in [4.69, 9.17) is 0 Å². The highest BCUT2D eigenvalue weighted by molar-refractivity contribution is 6.09. The predicted octanol–water partition coefficient (Wildman–Crippen LogP) is 5.56. The lowest BCUT2D eigenvalue weighted by atomic mass is 10.0. The zero-order chi connectivity index (χ0) is 24.2. The number of nitrogens with one attached hydrogen (secondary N) is 1. The number of hydrogen-bond acceptors (Lipinski definition) is 3. The summed E-state index contributed by atoms with van der Waals surface area (Å²) in [6, 6.07) is 26.3. The number of aromatic hydroxyl groups is 1. The third kappa shape index (κ3) is 5.75. The molecule has 3 aromatic carbocycles. The van der Waals surface area contributed by atoms with Gasteiger partial charge in [0.25, 0.3) is 5.91 Å². The van der Waals surface area contributed by atoms with Crippen molar-refractivity contribution in [3.63, 3.8) is 0 Å². The Bertz CT molecular complexity index is 1300. The van der Waals surface area contributed by atoms with E-state index in [1.807, 2.05) is 31.2 Å². The van der Waals surface area contributed by atoms with Crippen molar-refractivity contribution in [3.8, 4) is 5.75 Å². The first-order chi connectivity index (χ1) is 17.1. The molecule has 1 amide bonds. The molecule has 0 bridgehead atoms. The fourth-order valence-electron chi connectivity index (χ4n) is 5.22. The molecule has 2 N–H and O–H groups in total. The molecule has 4 aromatic rings. The van der Waals surface area contributed by atoms with Crippen LogP contribution in [0.5, 0.6) is 5.75 Å². The van der Waals surface area contributed by atoms with Gasteiger partial charge in [-0.25, -0.2) is 0 Å². The normalized spacial score (nSPS) is 14.5. The second kappa shape index (κ2) is 11.6. The van der Waals surface area contributed by atoms with Crippen molar-refractivity contribution in [2.24, 2.45) is 0 Å². The van der Waals surface area contributed by atoms with Gasteiger partial charge in [-0.05, 0) is 55.5 Å². The molecule has 0 saturated carbocycles. The van der Waals surface area contributed by atoms with E-state index in [1.165, 1.54) is 11.1 Å². The number of piperidine rings is 1. The van der Waals surface area contributed by atoms with E-state index in [0.717, 1.165) is 55.5 Å². The minimum absolute atomic E-state index is 0. The van der Waals surface area contributed by atoms with Crippen molar-refractivity contribution in [3.05, 3.63) is 101 Å². The van der Waals surface area contributed by atoms with Crippen LogP contribution in [0, 0.1) is 6.92 Å². The van der Waals surface area contributed by atoms with Crippen LogP contribution in [0.25, 0.3) is 10.9 Å². The second-order valence-corrected chi connectivity index (χ2v) is 9.56. The Morgan fingerprint density at radius 1 is 0.944 bits per heavy atom. The van der Waals surface area contributed by atoms with E-state index in [-0.39, 0.29) is 30.1 Å². The van der Waals surface area contributed by atoms with Crippen molar-refractivity contribution < 1.29 is 9.90 Å². The van der Waals surface area contributed by atoms with E-state index in [9.17, 15) is 9.90 Å². The molecule has 188 valence electrons. The molecular formula is C30H34ClN3O2. The number of nitrogens with zero attached hydrogens (tertiary/aromatic N) is 2. The van der Waals surface area contributed by atoms with E-state index < -0.39 is 0 Å². The highest BCUT2D eigenvalue weighted by Crippen LogP contribution is 2.30. The summed E-state index contributed by atoms with van der Waals surface area (Å²) < 4.78 is 2.17. The number of phenolic OH excluding ortho intramolecular Hbond substituents is 1. The summed E-state index contributed by atoms with van der Waals surface area (Å²) >= 11 is 0. The van der Waals surface area contributed by atoms with Crippen LogP contribution in [0.1, 0.15) is 40.0 Å². The highest BCUT2D eigenvalue weighted by Gasteiger charge is 2.25. The molecule has 1 aliphatic rings. The Balaban J connectivity index is 0.00000304. The van der Waals surface area contributed by atoms with E-state index in [1.54, 1.807) is 12.1 Å². The summed E-state index contributed by atoms with van der Waals surface area (Å²) in [5, 5.41) is 14.3.